The molecule has 0 unspecified atom stereocenters. The summed E-state index contributed by atoms with van der Waals surface area (Å²) < 4.78 is -1.34. The molecule has 0 aliphatic heterocycles. The van der Waals surface area contributed by atoms with Crippen molar-refractivity contribution in [2.24, 2.45) is 0 Å². The zero-order chi connectivity index (χ0) is 16.9. The van der Waals surface area contributed by atoms with Gasteiger partial charge < -0.3 is 5.73 Å². The van der Waals surface area contributed by atoms with Crippen LogP contribution in [-0.2, 0) is 6.42 Å². The van der Waals surface area contributed by atoms with Crippen molar-refractivity contribution in [3.05, 3.63) is 62.1 Å². The van der Waals surface area contributed by atoms with E-state index < -0.39 is 3.79 Å². The number of benzene rings is 2. The highest BCUT2D eigenvalue weighted by atomic mass is 35.6. The van der Waals surface area contributed by atoms with Crippen LogP contribution < -0.4 is 5.73 Å². The second-order valence-electron chi connectivity index (χ2n) is 4.19. The van der Waals surface area contributed by atoms with Crippen molar-refractivity contribution in [1.29, 1.82) is 0 Å². The maximum absolute atomic E-state index is 5.87. The average Bonchev–Trinajstić information content (AvgIpc) is 2.38. The Bertz CT molecular complexity index is 638. The van der Waals surface area contributed by atoms with E-state index in [2.05, 4.69) is 0 Å². The maximum atomic E-state index is 5.87. The minimum absolute atomic E-state index is 0.247. The van der Waals surface area contributed by atoms with E-state index in [1.54, 1.807) is 36.4 Å². The summed E-state index contributed by atoms with van der Waals surface area (Å²) in [5.41, 5.74) is 6.65. The molecule has 0 saturated heterocycles. The first-order valence-electron chi connectivity index (χ1n) is 5.79. The molecule has 2 N–H and O–H groups in total. The van der Waals surface area contributed by atoms with Gasteiger partial charge in [0.1, 0.15) is 0 Å². The number of nitrogens with two attached hydrogens (primary N) is 1. The molecule has 0 saturated carbocycles. The van der Waals surface area contributed by atoms with Gasteiger partial charge in [-0.2, -0.15) is 0 Å². The molecule has 0 bridgehead atoms. The van der Waals surface area contributed by atoms with Gasteiger partial charge in [0.15, 0.2) is 3.79 Å². The van der Waals surface area contributed by atoms with Crippen LogP contribution in [0, 0.1) is 0 Å². The summed E-state index contributed by atoms with van der Waals surface area (Å²) in [5, 5.41) is 2.28. The Morgan fingerprint density at radius 3 is 1.73 bits per heavy atom. The molecule has 2 aromatic rings. The average molecular weight is 440 g/mol. The highest BCUT2D eigenvalue weighted by Crippen LogP contribution is 2.33. The number of rotatable bonds is 1. The summed E-state index contributed by atoms with van der Waals surface area (Å²) >= 11 is 39.7. The molecule has 0 atom stereocenters. The normalized spacial score (nSPS) is 10.9. The highest BCUT2D eigenvalue weighted by Gasteiger charge is 2.21. The van der Waals surface area contributed by atoms with Gasteiger partial charge in [0, 0.05) is 21.5 Å². The van der Waals surface area contributed by atoms with E-state index in [0.717, 1.165) is 5.56 Å². The fraction of sp³-hybridized carbons (Fsp3) is 0.143. The summed E-state index contributed by atoms with van der Waals surface area (Å²) in [5.74, 6) is 0. The van der Waals surface area contributed by atoms with E-state index in [1.165, 1.54) is 0 Å². The second kappa shape index (κ2) is 8.94. The molecule has 0 aromatic heterocycles. The molecular weight excluding hydrogens is 430 g/mol. The molecule has 2 aromatic carbocycles. The molecule has 0 radical (unpaired) electrons. The first-order chi connectivity index (χ1) is 10.1. The quantitative estimate of drug-likeness (QED) is 0.361. The first-order valence-corrected chi connectivity index (χ1v) is 8.44. The van der Waals surface area contributed by atoms with Gasteiger partial charge in [-0.15, -0.1) is 0 Å². The summed E-state index contributed by atoms with van der Waals surface area (Å²) in [6.45, 7) is 0. The van der Waals surface area contributed by atoms with Gasteiger partial charge in [0.25, 0.3) is 0 Å². The third kappa shape index (κ3) is 7.70. The van der Waals surface area contributed by atoms with Crippen LogP contribution in [0.2, 0.25) is 20.1 Å². The molecule has 0 aliphatic carbocycles. The molecule has 0 heterocycles. The fourth-order valence-corrected chi connectivity index (χ4v) is 2.52. The van der Waals surface area contributed by atoms with Gasteiger partial charge in [-0.05, 0) is 42.0 Å². The van der Waals surface area contributed by atoms with Gasteiger partial charge in [-0.3, -0.25) is 0 Å². The monoisotopic (exact) mass is 437 g/mol. The SMILES string of the molecule is Clc1ccc(Cl)c(CC(Cl)(Cl)Cl)c1.Nc1cc(Cl)ccc1Cl. The van der Waals surface area contributed by atoms with E-state index in [9.17, 15) is 0 Å². The zero-order valence-electron chi connectivity index (χ0n) is 10.9. The van der Waals surface area contributed by atoms with Crippen LogP contribution in [0.4, 0.5) is 5.69 Å². The lowest BCUT2D eigenvalue weighted by Gasteiger charge is -2.11. The number of anilines is 1. The summed E-state index contributed by atoms with van der Waals surface area (Å²) in [6, 6.07) is 10.0. The van der Waals surface area contributed by atoms with Crippen molar-refractivity contribution >= 4 is 86.9 Å². The number of hydrogen-bond donors (Lipinski definition) is 1. The molecule has 0 aliphatic rings. The molecule has 0 fully saturated rings. The van der Waals surface area contributed by atoms with Crippen molar-refractivity contribution in [2.45, 2.75) is 10.2 Å². The summed E-state index contributed by atoms with van der Waals surface area (Å²) in [4.78, 5) is 0. The van der Waals surface area contributed by atoms with E-state index >= 15 is 0 Å². The first kappa shape index (κ1) is 20.3. The van der Waals surface area contributed by atoms with Crippen molar-refractivity contribution in [3.8, 4) is 0 Å². The van der Waals surface area contributed by atoms with Gasteiger partial charge in [-0.25, -0.2) is 0 Å². The van der Waals surface area contributed by atoms with Crippen molar-refractivity contribution in [1.82, 2.24) is 0 Å². The Morgan fingerprint density at radius 2 is 1.27 bits per heavy atom. The predicted octanol–water partition coefficient (Wildman–Crippen LogP) is 7.48. The Labute approximate surface area is 164 Å². The minimum atomic E-state index is -1.34. The van der Waals surface area contributed by atoms with Crippen LogP contribution in [0.1, 0.15) is 5.56 Å². The third-order valence-electron chi connectivity index (χ3n) is 2.36. The number of nitrogen functional groups attached to an aromatic ring is 1. The standard InChI is InChI=1S/C8H5Cl5.C6H5Cl2N/c9-6-1-2-7(10)5(3-6)4-8(11,12)13;7-4-1-2-5(8)6(9)3-4/h1-3H,4H2;1-3H,9H2. The molecule has 2 rings (SSSR count). The second-order valence-corrected chi connectivity index (χ2v) is 8.40. The molecule has 22 heavy (non-hydrogen) atoms. The van der Waals surface area contributed by atoms with Crippen molar-refractivity contribution in [3.63, 3.8) is 0 Å². The predicted molar refractivity (Wildman–Crippen MR) is 101 cm³/mol. The molecule has 0 spiro atoms. The Balaban J connectivity index is 0.000000235. The summed E-state index contributed by atoms with van der Waals surface area (Å²) in [7, 11) is 0. The molecular formula is C14H10Cl7N. The van der Waals surface area contributed by atoms with E-state index in [0.29, 0.717) is 25.8 Å². The van der Waals surface area contributed by atoms with E-state index in [-0.39, 0.29) is 6.42 Å². The van der Waals surface area contributed by atoms with E-state index in [4.69, 9.17) is 86.9 Å². The lowest BCUT2D eigenvalue weighted by Crippen LogP contribution is -2.07. The largest absolute Gasteiger partial charge is 0.397 e. The van der Waals surface area contributed by atoms with Gasteiger partial charge in [0.05, 0.1) is 10.7 Å². The number of alkyl halides is 3. The minimum Gasteiger partial charge on any atom is -0.397 e. The van der Waals surface area contributed by atoms with Crippen LogP contribution in [0.15, 0.2) is 36.4 Å². The van der Waals surface area contributed by atoms with Crippen molar-refractivity contribution < 1.29 is 0 Å². The lowest BCUT2D eigenvalue weighted by molar-refractivity contribution is 1.02. The fourth-order valence-electron chi connectivity index (χ4n) is 1.41. The maximum Gasteiger partial charge on any atom is 0.194 e. The molecule has 0 amide bonds. The van der Waals surface area contributed by atoms with Crippen LogP contribution in [-0.4, -0.2) is 3.79 Å². The summed E-state index contributed by atoms with van der Waals surface area (Å²) in [6.07, 6.45) is 0.247. The lowest BCUT2D eigenvalue weighted by atomic mass is 10.2. The van der Waals surface area contributed by atoms with Crippen LogP contribution in [0.3, 0.4) is 0 Å². The van der Waals surface area contributed by atoms with E-state index in [1.807, 2.05) is 0 Å². The molecule has 120 valence electrons. The van der Waals surface area contributed by atoms with Crippen molar-refractivity contribution in [2.75, 3.05) is 5.73 Å². The third-order valence-corrected chi connectivity index (χ3v) is 3.94. The molecule has 8 heteroatoms. The topological polar surface area (TPSA) is 26.0 Å². The van der Waals surface area contributed by atoms with Crippen LogP contribution in [0.25, 0.3) is 0 Å². The Morgan fingerprint density at radius 1 is 0.773 bits per heavy atom. The van der Waals surface area contributed by atoms with Gasteiger partial charge in [-0.1, -0.05) is 81.2 Å². The smallest absolute Gasteiger partial charge is 0.194 e. The Kier molecular flexibility index (Phi) is 8.25. The molecule has 1 nitrogen and oxygen atoms in total. The van der Waals surface area contributed by atoms with Gasteiger partial charge >= 0.3 is 0 Å². The number of halogens is 7. The Hall–Kier alpha value is 0.270. The zero-order valence-corrected chi connectivity index (χ0v) is 16.2. The number of hydrogen-bond acceptors (Lipinski definition) is 1. The van der Waals surface area contributed by atoms with Crippen LogP contribution in [0.5, 0.6) is 0 Å². The van der Waals surface area contributed by atoms with Crippen LogP contribution >= 0.6 is 81.2 Å². The van der Waals surface area contributed by atoms with Gasteiger partial charge in [0.2, 0.25) is 0 Å². The highest BCUT2D eigenvalue weighted by molar-refractivity contribution is 6.67.